The molecule has 0 aliphatic heterocycles. The lowest BCUT2D eigenvalue weighted by Gasteiger charge is -2.19. The van der Waals surface area contributed by atoms with E-state index in [1.54, 1.807) is 11.8 Å². The summed E-state index contributed by atoms with van der Waals surface area (Å²) in [5.74, 6) is 0.995. The Morgan fingerprint density at radius 3 is 2.78 bits per heavy atom. The number of carbonyl (C=O) groups is 1. The van der Waals surface area contributed by atoms with E-state index >= 15 is 0 Å². The van der Waals surface area contributed by atoms with Crippen molar-refractivity contribution in [3.05, 3.63) is 42.5 Å². The van der Waals surface area contributed by atoms with Gasteiger partial charge in [0.2, 0.25) is 0 Å². The van der Waals surface area contributed by atoms with E-state index in [0.29, 0.717) is 5.75 Å². The summed E-state index contributed by atoms with van der Waals surface area (Å²) in [6.45, 7) is 2.08. The molecule has 2 atom stereocenters. The topological polar surface area (TPSA) is 87.4 Å². The average molecular weight is 333 g/mol. The molecule has 0 aromatic heterocycles. The molecule has 2 aromatic rings. The summed E-state index contributed by atoms with van der Waals surface area (Å²) >= 11 is 1.64. The Balaban J connectivity index is 1.92. The van der Waals surface area contributed by atoms with Crippen LogP contribution in [0.2, 0.25) is 0 Å². The van der Waals surface area contributed by atoms with Crippen molar-refractivity contribution in [3.8, 4) is 0 Å². The second-order valence-electron chi connectivity index (χ2n) is 5.32. The molecule has 6 heteroatoms. The molecule has 23 heavy (non-hydrogen) atoms. The van der Waals surface area contributed by atoms with Crippen LogP contribution in [0, 0.1) is 0 Å². The third-order valence-corrected chi connectivity index (χ3v) is 4.76. The third kappa shape index (κ3) is 4.86. The van der Waals surface area contributed by atoms with Crippen molar-refractivity contribution >= 4 is 34.1 Å². The Morgan fingerprint density at radius 1 is 1.26 bits per heavy atom. The van der Waals surface area contributed by atoms with Gasteiger partial charge in [0.25, 0.3) is 5.91 Å². The molecule has 124 valence electrons. The minimum Gasteiger partial charge on any atom is -0.382 e. The van der Waals surface area contributed by atoms with Crippen LogP contribution in [0.1, 0.15) is 13.3 Å². The molecular weight excluding hydrogens is 310 g/mol. The van der Waals surface area contributed by atoms with Gasteiger partial charge < -0.3 is 10.8 Å². The predicted octanol–water partition coefficient (Wildman–Crippen LogP) is 2.11. The van der Waals surface area contributed by atoms with Crippen LogP contribution in [0.5, 0.6) is 0 Å². The maximum atomic E-state index is 12.0. The first-order valence-corrected chi connectivity index (χ1v) is 8.84. The van der Waals surface area contributed by atoms with Gasteiger partial charge in [0.1, 0.15) is 6.10 Å². The lowest BCUT2D eigenvalue weighted by molar-refractivity contribution is -0.129. The number of nitrogens with two attached hydrogens (primary N) is 1. The fraction of sp³-hybridized carbons (Fsp3) is 0.353. The maximum absolute atomic E-state index is 12.0. The van der Waals surface area contributed by atoms with Crippen molar-refractivity contribution in [1.29, 1.82) is 0 Å². The van der Waals surface area contributed by atoms with Gasteiger partial charge in [-0.15, -0.1) is 0 Å². The van der Waals surface area contributed by atoms with E-state index in [1.165, 1.54) is 0 Å². The Hall–Kier alpha value is -1.76. The molecule has 0 spiro atoms. The Bertz CT molecular complexity index is 645. The fourth-order valence-electron chi connectivity index (χ4n) is 2.19. The number of hydrogen-bond acceptors (Lipinski definition) is 5. The van der Waals surface area contributed by atoms with Gasteiger partial charge in [-0.05, 0) is 23.6 Å². The second kappa shape index (κ2) is 8.76. The van der Waals surface area contributed by atoms with Crippen LogP contribution in [0.25, 0.3) is 10.8 Å². The number of anilines is 1. The SMILES string of the molecule is CCCSC[C@@H](N)C(O)C(=O)NNc1cccc2ccccc12. The van der Waals surface area contributed by atoms with E-state index in [0.717, 1.165) is 28.6 Å². The van der Waals surface area contributed by atoms with E-state index < -0.39 is 18.1 Å². The maximum Gasteiger partial charge on any atom is 0.268 e. The van der Waals surface area contributed by atoms with Gasteiger partial charge in [0, 0.05) is 17.2 Å². The number of carbonyl (C=O) groups excluding carboxylic acids is 1. The molecule has 5 N–H and O–H groups in total. The molecule has 0 saturated carbocycles. The summed E-state index contributed by atoms with van der Waals surface area (Å²) in [7, 11) is 0. The quantitative estimate of drug-likeness (QED) is 0.439. The van der Waals surface area contributed by atoms with E-state index in [9.17, 15) is 9.90 Å². The lowest BCUT2D eigenvalue weighted by Crippen LogP contribution is -2.49. The van der Waals surface area contributed by atoms with Crippen LogP contribution in [-0.4, -0.2) is 34.7 Å². The number of amides is 1. The molecule has 0 fully saturated rings. The van der Waals surface area contributed by atoms with Crippen molar-refractivity contribution < 1.29 is 9.90 Å². The first-order chi connectivity index (χ1) is 11.1. The zero-order chi connectivity index (χ0) is 16.7. The standard InChI is InChI=1S/C17H23N3O2S/c1-2-10-23-11-14(18)16(21)17(22)20-19-15-9-5-7-12-6-3-4-8-13(12)15/h3-9,14,16,19,21H,2,10-11,18H2,1H3,(H,20,22)/t14-,16?/m1/s1. The summed E-state index contributed by atoms with van der Waals surface area (Å²) in [6, 6.07) is 13.0. The lowest BCUT2D eigenvalue weighted by atomic mass is 10.1. The van der Waals surface area contributed by atoms with Crippen molar-refractivity contribution in [2.75, 3.05) is 16.9 Å². The number of hydrazine groups is 1. The summed E-state index contributed by atoms with van der Waals surface area (Å²) < 4.78 is 0. The number of aliphatic hydroxyl groups excluding tert-OH is 1. The molecule has 2 aromatic carbocycles. The normalized spacial score (nSPS) is 13.5. The van der Waals surface area contributed by atoms with Crippen LogP contribution in [0.4, 0.5) is 5.69 Å². The molecule has 5 nitrogen and oxygen atoms in total. The van der Waals surface area contributed by atoms with E-state index in [1.807, 2.05) is 42.5 Å². The van der Waals surface area contributed by atoms with Gasteiger partial charge in [-0.3, -0.25) is 15.6 Å². The van der Waals surface area contributed by atoms with Crippen LogP contribution in [0.3, 0.4) is 0 Å². The molecule has 0 radical (unpaired) electrons. The van der Waals surface area contributed by atoms with Crippen molar-refractivity contribution in [2.45, 2.75) is 25.5 Å². The van der Waals surface area contributed by atoms with E-state index in [4.69, 9.17) is 5.73 Å². The average Bonchev–Trinajstić information content (AvgIpc) is 2.59. The van der Waals surface area contributed by atoms with Gasteiger partial charge in [-0.25, -0.2) is 0 Å². The minimum absolute atomic E-state index is 0.525. The Morgan fingerprint density at radius 2 is 2.00 bits per heavy atom. The van der Waals surface area contributed by atoms with Crippen molar-refractivity contribution in [1.82, 2.24) is 5.43 Å². The zero-order valence-electron chi connectivity index (χ0n) is 13.2. The van der Waals surface area contributed by atoms with Gasteiger partial charge in [-0.1, -0.05) is 43.3 Å². The molecule has 1 unspecified atom stereocenters. The highest BCUT2D eigenvalue weighted by molar-refractivity contribution is 7.99. The molecule has 0 aliphatic carbocycles. The molecule has 0 aliphatic rings. The molecule has 0 heterocycles. The number of rotatable bonds is 8. The smallest absolute Gasteiger partial charge is 0.268 e. The Labute approximate surface area is 140 Å². The summed E-state index contributed by atoms with van der Waals surface area (Å²) in [5.41, 5.74) is 12.0. The van der Waals surface area contributed by atoms with Gasteiger partial charge in [-0.2, -0.15) is 11.8 Å². The summed E-state index contributed by atoms with van der Waals surface area (Å²) in [6.07, 6.45) is -0.190. The van der Waals surface area contributed by atoms with Crippen LogP contribution < -0.4 is 16.6 Å². The highest BCUT2D eigenvalue weighted by Gasteiger charge is 2.22. The molecule has 1 amide bonds. The number of aliphatic hydroxyl groups is 1. The summed E-state index contributed by atoms with van der Waals surface area (Å²) in [4.78, 5) is 12.0. The molecule has 0 bridgehead atoms. The fourth-order valence-corrected chi connectivity index (χ4v) is 3.10. The number of benzene rings is 2. The predicted molar refractivity (Wildman–Crippen MR) is 97.3 cm³/mol. The van der Waals surface area contributed by atoms with Gasteiger partial charge >= 0.3 is 0 Å². The van der Waals surface area contributed by atoms with Gasteiger partial charge in [0.05, 0.1) is 5.69 Å². The third-order valence-electron chi connectivity index (χ3n) is 3.44. The summed E-state index contributed by atoms with van der Waals surface area (Å²) in [5, 5.41) is 12.0. The van der Waals surface area contributed by atoms with Crippen molar-refractivity contribution in [2.24, 2.45) is 5.73 Å². The first-order valence-electron chi connectivity index (χ1n) is 7.68. The van der Waals surface area contributed by atoms with E-state index in [2.05, 4.69) is 17.8 Å². The van der Waals surface area contributed by atoms with Crippen molar-refractivity contribution in [3.63, 3.8) is 0 Å². The van der Waals surface area contributed by atoms with E-state index in [-0.39, 0.29) is 0 Å². The van der Waals surface area contributed by atoms with Gasteiger partial charge in [0.15, 0.2) is 0 Å². The molecule has 2 rings (SSSR count). The number of hydrogen-bond donors (Lipinski definition) is 4. The van der Waals surface area contributed by atoms with Crippen LogP contribution >= 0.6 is 11.8 Å². The number of fused-ring (bicyclic) bond motifs is 1. The highest BCUT2D eigenvalue weighted by atomic mass is 32.2. The largest absolute Gasteiger partial charge is 0.382 e. The number of nitrogens with one attached hydrogen (secondary N) is 2. The monoisotopic (exact) mass is 333 g/mol. The highest BCUT2D eigenvalue weighted by Crippen LogP contribution is 2.22. The molecule has 0 saturated heterocycles. The Kier molecular flexibility index (Phi) is 6.70. The number of thioether (sulfide) groups is 1. The van der Waals surface area contributed by atoms with Crippen LogP contribution in [0.15, 0.2) is 42.5 Å². The minimum atomic E-state index is -1.23. The zero-order valence-corrected chi connectivity index (χ0v) is 14.0. The second-order valence-corrected chi connectivity index (χ2v) is 6.47. The van der Waals surface area contributed by atoms with Crippen LogP contribution in [-0.2, 0) is 4.79 Å². The molecular formula is C17H23N3O2S. The first kappa shape index (κ1) is 17.6.